The van der Waals surface area contributed by atoms with Gasteiger partial charge in [-0.2, -0.15) is 0 Å². The maximum absolute atomic E-state index is 13.3. The van der Waals surface area contributed by atoms with Crippen LogP contribution in [-0.2, 0) is 9.53 Å². The van der Waals surface area contributed by atoms with E-state index in [1.165, 1.54) is 29.5 Å². The number of carbonyl (C=O) groups excluding carboxylic acids is 1. The first-order chi connectivity index (χ1) is 17.0. The molecule has 0 atom stereocenters. The standard InChI is InChI=1S/C25H28N4O5S/c1-18-7-9-21(33-2)23-24(18)35-25(26-23)28(12-4-11-27-13-15-34-16-14-27)22(30)10-8-19-5-3-6-20(17-19)29(31)32/h3,5-10,17H,4,11-16H2,1-2H3/b10-8+. The number of ether oxygens (including phenoxy) is 2. The van der Waals surface area contributed by atoms with Crippen LogP contribution in [0.25, 0.3) is 16.3 Å². The number of fused-ring (bicyclic) bond motifs is 1. The Morgan fingerprint density at radius 3 is 2.86 bits per heavy atom. The molecular weight excluding hydrogens is 468 g/mol. The van der Waals surface area contributed by atoms with Crippen molar-refractivity contribution < 1.29 is 19.2 Å². The van der Waals surface area contributed by atoms with Crippen LogP contribution in [0, 0.1) is 17.0 Å². The Morgan fingerprint density at radius 2 is 2.11 bits per heavy atom. The molecule has 4 rings (SSSR count). The molecule has 10 heteroatoms. The van der Waals surface area contributed by atoms with Crippen molar-refractivity contribution in [3.63, 3.8) is 0 Å². The van der Waals surface area contributed by atoms with E-state index in [1.54, 1.807) is 30.2 Å². The molecular formula is C25H28N4O5S. The summed E-state index contributed by atoms with van der Waals surface area (Å²) < 4.78 is 11.9. The highest BCUT2D eigenvalue weighted by Gasteiger charge is 2.21. The summed E-state index contributed by atoms with van der Waals surface area (Å²) in [6, 6.07) is 10.1. The van der Waals surface area contributed by atoms with Gasteiger partial charge in [-0.05, 0) is 36.6 Å². The third-order valence-corrected chi connectivity index (χ3v) is 7.08. The van der Waals surface area contributed by atoms with E-state index >= 15 is 0 Å². The number of benzene rings is 2. The van der Waals surface area contributed by atoms with Crippen LogP contribution in [0.5, 0.6) is 5.75 Å². The Balaban J connectivity index is 1.59. The van der Waals surface area contributed by atoms with Gasteiger partial charge >= 0.3 is 0 Å². The van der Waals surface area contributed by atoms with Gasteiger partial charge in [0.2, 0.25) is 0 Å². The first-order valence-corrected chi connectivity index (χ1v) is 12.3. The van der Waals surface area contributed by atoms with Crippen molar-refractivity contribution in [1.82, 2.24) is 9.88 Å². The minimum atomic E-state index is -0.450. The van der Waals surface area contributed by atoms with Crippen molar-refractivity contribution >= 4 is 44.4 Å². The fourth-order valence-corrected chi connectivity index (χ4v) is 5.04. The van der Waals surface area contributed by atoms with Crippen molar-refractivity contribution in [3.05, 3.63) is 63.7 Å². The Kier molecular flexibility index (Phi) is 8.06. The third kappa shape index (κ3) is 6.02. The number of rotatable bonds is 9. The van der Waals surface area contributed by atoms with Gasteiger partial charge < -0.3 is 9.47 Å². The number of hydrogen-bond acceptors (Lipinski definition) is 8. The molecule has 35 heavy (non-hydrogen) atoms. The van der Waals surface area contributed by atoms with Crippen LogP contribution >= 0.6 is 11.3 Å². The van der Waals surface area contributed by atoms with E-state index in [-0.39, 0.29) is 11.6 Å². The van der Waals surface area contributed by atoms with Crippen molar-refractivity contribution in [2.24, 2.45) is 0 Å². The largest absolute Gasteiger partial charge is 0.494 e. The minimum absolute atomic E-state index is 0.0179. The lowest BCUT2D eigenvalue weighted by atomic mass is 10.2. The lowest BCUT2D eigenvalue weighted by molar-refractivity contribution is -0.384. The number of methoxy groups -OCH3 is 1. The van der Waals surface area contributed by atoms with Crippen LogP contribution in [0.3, 0.4) is 0 Å². The van der Waals surface area contributed by atoms with E-state index in [1.807, 2.05) is 19.1 Å². The topological polar surface area (TPSA) is 98.0 Å². The highest BCUT2D eigenvalue weighted by Crippen LogP contribution is 2.36. The molecule has 0 spiro atoms. The number of thiazole rings is 1. The number of aromatic nitrogens is 1. The summed E-state index contributed by atoms with van der Waals surface area (Å²) in [6.45, 7) is 6.59. The maximum atomic E-state index is 13.3. The highest BCUT2D eigenvalue weighted by molar-refractivity contribution is 7.22. The molecule has 3 aromatic rings. The minimum Gasteiger partial charge on any atom is -0.494 e. The number of nitrogens with zero attached hydrogens (tertiary/aromatic N) is 4. The summed E-state index contributed by atoms with van der Waals surface area (Å²) in [6.07, 6.45) is 3.83. The Bertz CT molecular complexity index is 1240. The van der Waals surface area contributed by atoms with E-state index in [0.29, 0.717) is 23.0 Å². The lowest BCUT2D eigenvalue weighted by Crippen LogP contribution is -2.39. The SMILES string of the molecule is COc1ccc(C)c2sc(N(CCCN3CCOCC3)C(=O)/C=C/c3cccc([N+](=O)[O-])c3)nc12. The number of non-ortho nitro benzene ring substituents is 1. The van der Waals surface area contributed by atoms with Gasteiger partial charge in [-0.25, -0.2) is 4.98 Å². The summed E-state index contributed by atoms with van der Waals surface area (Å²) in [5, 5.41) is 11.7. The smallest absolute Gasteiger partial charge is 0.270 e. The van der Waals surface area contributed by atoms with Crippen LogP contribution in [0.15, 0.2) is 42.5 Å². The maximum Gasteiger partial charge on any atom is 0.270 e. The highest BCUT2D eigenvalue weighted by atomic mass is 32.1. The second-order valence-corrected chi connectivity index (χ2v) is 9.22. The molecule has 0 unspecified atom stereocenters. The van der Waals surface area contributed by atoms with E-state index in [4.69, 9.17) is 14.5 Å². The second kappa shape index (κ2) is 11.4. The number of hydrogen-bond donors (Lipinski definition) is 0. The molecule has 1 fully saturated rings. The molecule has 1 aliphatic rings. The molecule has 0 radical (unpaired) electrons. The zero-order valence-electron chi connectivity index (χ0n) is 19.8. The van der Waals surface area contributed by atoms with Crippen LogP contribution < -0.4 is 9.64 Å². The molecule has 2 heterocycles. The average Bonchev–Trinajstić information content (AvgIpc) is 3.32. The van der Waals surface area contributed by atoms with Crippen LogP contribution in [0.2, 0.25) is 0 Å². The number of morpholine rings is 1. The first-order valence-electron chi connectivity index (χ1n) is 11.4. The molecule has 1 amide bonds. The first kappa shape index (κ1) is 24.8. The van der Waals surface area contributed by atoms with Gasteiger partial charge in [0.05, 0.1) is 29.9 Å². The molecule has 184 valence electrons. The molecule has 0 N–H and O–H groups in total. The van der Waals surface area contributed by atoms with E-state index in [2.05, 4.69) is 4.90 Å². The molecule has 2 aromatic carbocycles. The third-order valence-electron chi connectivity index (χ3n) is 5.87. The predicted octanol–water partition coefficient (Wildman–Crippen LogP) is 4.29. The predicted molar refractivity (Wildman–Crippen MR) is 137 cm³/mol. The van der Waals surface area contributed by atoms with Crippen LogP contribution in [0.1, 0.15) is 17.5 Å². The molecule has 1 aromatic heterocycles. The number of nitro groups is 1. The number of carbonyl (C=O) groups is 1. The van der Waals surface area contributed by atoms with Gasteiger partial charge in [0.25, 0.3) is 11.6 Å². The number of anilines is 1. The van der Waals surface area contributed by atoms with E-state index < -0.39 is 4.92 Å². The van der Waals surface area contributed by atoms with Crippen molar-refractivity contribution in [2.45, 2.75) is 13.3 Å². The van der Waals surface area contributed by atoms with Gasteiger partial charge in [0.15, 0.2) is 5.13 Å². The Labute approximate surface area is 207 Å². The second-order valence-electron chi connectivity index (χ2n) is 8.24. The molecule has 1 saturated heterocycles. The molecule has 0 bridgehead atoms. The van der Waals surface area contributed by atoms with Crippen molar-refractivity contribution in [3.8, 4) is 5.75 Å². The van der Waals surface area contributed by atoms with E-state index in [0.717, 1.165) is 55.0 Å². The monoisotopic (exact) mass is 496 g/mol. The summed E-state index contributed by atoms with van der Waals surface area (Å²) in [5.41, 5.74) is 2.37. The quantitative estimate of drug-likeness (QED) is 0.248. The van der Waals surface area contributed by atoms with Crippen LogP contribution in [0.4, 0.5) is 10.8 Å². The fraction of sp³-hybridized carbons (Fsp3) is 0.360. The average molecular weight is 497 g/mol. The normalized spacial score (nSPS) is 14.5. The van der Waals surface area contributed by atoms with Gasteiger partial charge in [0, 0.05) is 44.4 Å². The van der Waals surface area contributed by atoms with Gasteiger partial charge in [0.1, 0.15) is 11.3 Å². The summed E-state index contributed by atoms with van der Waals surface area (Å²) in [4.78, 5) is 32.7. The Hall–Kier alpha value is -3.34. The fourth-order valence-electron chi connectivity index (χ4n) is 3.96. The van der Waals surface area contributed by atoms with E-state index in [9.17, 15) is 14.9 Å². The summed E-state index contributed by atoms with van der Waals surface area (Å²) >= 11 is 1.46. The van der Waals surface area contributed by atoms with Gasteiger partial charge in [-0.15, -0.1) is 0 Å². The molecule has 9 nitrogen and oxygen atoms in total. The molecule has 1 aliphatic heterocycles. The van der Waals surface area contributed by atoms with Crippen molar-refractivity contribution in [1.29, 1.82) is 0 Å². The molecule has 0 saturated carbocycles. The summed E-state index contributed by atoms with van der Waals surface area (Å²) in [5.74, 6) is 0.440. The van der Waals surface area contributed by atoms with Crippen molar-refractivity contribution in [2.75, 3.05) is 51.4 Å². The lowest BCUT2D eigenvalue weighted by Gasteiger charge is -2.27. The zero-order chi connectivity index (χ0) is 24.8. The number of aryl methyl sites for hydroxylation is 1. The molecule has 0 aliphatic carbocycles. The summed E-state index contributed by atoms with van der Waals surface area (Å²) in [7, 11) is 1.61. The van der Waals surface area contributed by atoms with Crippen LogP contribution in [-0.4, -0.2) is 67.2 Å². The van der Waals surface area contributed by atoms with Gasteiger partial charge in [-0.1, -0.05) is 29.5 Å². The zero-order valence-corrected chi connectivity index (χ0v) is 20.6. The Morgan fingerprint density at radius 1 is 1.31 bits per heavy atom. The number of nitro benzene ring substituents is 1. The van der Waals surface area contributed by atoms with Gasteiger partial charge in [-0.3, -0.25) is 24.7 Å². The number of amides is 1.